The van der Waals surface area contributed by atoms with Crippen molar-refractivity contribution in [2.45, 2.75) is 46.1 Å². The molecular formula is C17H20BrClO2. The van der Waals surface area contributed by atoms with E-state index in [1.807, 2.05) is 0 Å². The van der Waals surface area contributed by atoms with Crippen molar-refractivity contribution >= 4 is 33.5 Å². The summed E-state index contributed by atoms with van der Waals surface area (Å²) in [5, 5.41) is 0.538. The molecule has 2 nitrogen and oxygen atoms in total. The van der Waals surface area contributed by atoms with Gasteiger partial charge in [0.2, 0.25) is 0 Å². The summed E-state index contributed by atoms with van der Waals surface area (Å²) in [6.07, 6.45) is 3.38. The highest BCUT2D eigenvalue weighted by Crippen LogP contribution is 2.66. The highest BCUT2D eigenvalue weighted by molar-refractivity contribution is 9.10. The predicted octanol–water partition coefficient (Wildman–Crippen LogP) is 5.47. The first-order chi connectivity index (χ1) is 9.74. The number of halogens is 2. The minimum absolute atomic E-state index is 0.0107. The van der Waals surface area contributed by atoms with Crippen molar-refractivity contribution in [2.24, 2.45) is 16.7 Å². The van der Waals surface area contributed by atoms with E-state index in [1.165, 1.54) is 6.42 Å². The minimum Gasteiger partial charge on any atom is -0.458 e. The molecule has 0 heterocycles. The maximum atomic E-state index is 12.4. The third-order valence-electron chi connectivity index (χ3n) is 6.06. The Kier molecular flexibility index (Phi) is 3.65. The van der Waals surface area contributed by atoms with Crippen molar-refractivity contribution in [3.05, 3.63) is 33.3 Å². The quantitative estimate of drug-likeness (QED) is 0.644. The number of carbonyl (C=O) groups is 1. The van der Waals surface area contributed by atoms with Gasteiger partial charge in [0.1, 0.15) is 6.10 Å². The van der Waals surface area contributed by atoms with Gasteiger partial charge in [-0.2, -0.15) is 0 Å². The maximum absolute atomic E-state index is 12.4. The molecule has 4 heteroatoms. The fourth-order valence-corrected chi connectivity index (χ4v) is 5.04. The van der Waals surface area contributed by atoms with Gasteiger partial charge in [0.25, 0.3) is 0 Å². The van der Waals surface area contributed by atoms with Crippen molar-refractivity contribution in [1.29, 1.82) is 0 Å². The zero-order chi connectivity index (χ0) is 15.4. The van der Waals surface area contributed by atoms with E-state index in [9.17, 15) is 4.79 Å². The lowest BCUT2D eigenvalue weighted by Gasteiger charge is -2.38. The Morgan fingerprint density at radius 2 is 2.05 bits per heavy atom. The lowest BCUT2D eigenvalue weighted by molar-refractivity contribution is -0.0242. The lowest BCUT2D eigenvalue weighted by Crippen LogP contribution is -2.38. The Morgan fingerprint density at radius 1 is 1.33 bits per heavy atom. The second-order valence-electron chi connectivity index (χ2n) is 7.16. The smallest absolute Gasteiger partial charge is 0.338 e. The zero-order valence-electron chi connectivity index (χ0n) is 12.6. The average Bonchev–Trinajstić information content (AvgIpc) is 2.70. The SMILES string of the molecule is CC1(C)C2CCC1(C)C(OC(=O)c1cc(Cl)cc(Br)c1)C2. The summed E-state index contributed by atoms with van der Waals surface area (Å²) in [5.41, 5.74) is 0.842. The highest BCUT2D eigenvalue weighted by Gasteiger charge is 2.62. The van der Waals surface area contributed by atoms with Crippen LogP contribution in [0.3, 0.4) is 0 Å². The molecule has 0 saturated heterocycles. The van der Waals surface area contributed by atoms with Crippen LogP contribution >= 0.6 is 27.5 Å². The fourth-order valence-electron chi connectivity index (χ4n) is 4.18. The molecule has 2 saturated carbocycles. The van der Waals surface area contributed by atoms with Crippen LogP contribution in [0.5, 0.6) is 0 Å². The first-order valence-electron chi connectivity index (χ1n) is 7.41. The van der Waals surface area contributed by atoms with Gasteiger partial charge < -0.3 is 4.74 Å². The van der Waals surface area contributed by atoms with Gasteiger partial charge in [-0.1, -0.05) is 48.3 Å². The molecule has 0 aromatic heterocycles. The molecule has 0 spiro atoms. The van der Waals surface area contributed by atoms with Crippen molar-refractivity contribution in [3.63, 3.8) is 0 Å². The van der Waals surface area contributed by atoms with Crippen molar-refractivity contribution in [2.75, 3.05) is 0 Å². The third kappa shape index (κ3) is 2.33. The first kappa shape index (κ1) is 15.4. The van der Waals surface area contributed by atoms with E-state index < -0.39 is 0 Å². The molecule has 114 valence electrons. The normalized spacial score (nSPS) is 33.2. The second-order valence-corrected chi connectivity index (χ2v) is 8.51. The molecule has 3 atom stereocenters. The van der Waals surface area contributed by atoms with E-state index in [4.69, 9.17) is 16.3 Å². The van der Waals surface area contributed by atoms with E-state index >= 15 is 0 Å². The van der Waals surface area contributed by atoms with Crippen LogP contribution in [0, 0.1) is 16.7 Å². The van der Waals surface area contributed by atoms with Gasteiger partial charge in [0, 0.05) is 14.9 Å². The Morgan fingerprint density at radius 3 is 2.57 bits per heavy atom. The van der Waals surface area contributed by atoms with E-state index in [0.29, 0.717) is 16.5 Å². The molecule has 3 rings (SSSR count). The number of carbonyl (C=O) groups excluding carboxylic acids is 1. The molecule has 21 heavy (non-hydrogen) atoms. The summed E-state index contributed by atoms with van der Waals surface area (Å²) in [4.78, 5) is 12.4. The average molecular weight is 372 g/mol. The summed E-state index contributed by atoms with van der Waals surface area (Å²) >= 11 is 9.37. The number of hydrogen-bond donors (Lipinski definition) is 0. The van der Waals surface area contributed by atoms with Gasteiger partial charge in [0.05, 0.1) is 5.56 Å². The summed E-state index contributed by atoms with van der Waals surface area (Å²) < 4.78 is 6.65. The van der Waals surface area contributed by atoms with Gasteiger partial charge >= 0.3 is 5.97 Å². The Labute approximate surface area is 139 Å². The molecule has 0 aliphatic heterocycles. The van der Waals surface area contributed by atoms with Crippen LogP contribution in [0.4, 0.5) is 0 Å². The molecule has 1 aromatic rings. The van der Waals surface area contributed by atoms with Crippen molar-refractivity contribution < 1.29 is 9.53 Å². The molecule has 2 aliphatic carbocycles. The molecule has 2 aliphatic rings. The van der Waals surface area contributed by atoms with Crippen LogP contribution in [0.2, 0.25) is 5.02 Å². The van der Waals surface area contributed by atoms with E-state index in [2.05, 4.69) is 36.7 Å². The monoisotopic (exact) mass is 370 g/mol. The molecule has 3 unspecified atom stereocenters. The van der Waals surface area contributed by atoms with Crippen LogP contribution in [0.15, 0.2) is 22.7 Å². The van der Waals surface area contributed by atoms with Crippen LogP contribution in [-0.4, -0.2) is 12.1 Å². The largest absolute Gasteiger partial charge is 0.458 e. The Bertz CT molecular complexity index is 578. The summed E-state index contributed by atoms with van der Waals surface area (Å²) in [5.74, 6) is 0.388. The standard InChI is InChI=1S/C17H20BrClO2/c1-16(2)11-4-5-17(16,3)14(8-11)21-15(20)10-6-12(18)9-13(19)7-10/h6-7,9,11,14H,4-5,8H2,1-3H3. The predicted molar refractivity (Wildman–Crippen MR) is 87.6 cm³/mol. The van der Waals surface area contributed by atoms with Crippen LogP contribution in [-0.2, 0) is 4.74 Å². The maximum Gasteiger partial charge on any atom is 0.338 e. The topological polar surface area (TPSA) is 26.3 Å². The minimum atomic E-state index is -0.271. The molecule has 0 radical (unpaired) electrons. The fraction of sp³-hybridized carbons (Fsp3) is 0.588. The highest BCUT2D eigenvalue weighted by atomic mass is 79.9. The number of rotatable bonds is 2. The molecule has 2 fully saturated rings. The molecule has 2 bridgehead atoms. The number of benzene rings is 1. The van der Waals surface area contributed by atoms with Crippen LogP contribution in [0.25, 0.3) is 0 Å². The first-order valence-corrected chi connectivity index (χ1v) is 8.58. The molecular weight excluding hydrogens is 352 g/mol. The molecule has 0 amide bonds. The van der Waals surface area contributed by atoms with E-state index in [0.717, 1.165) is 17.3 Å². The van der Waals surface area contributed by atoms with Gasteiger partial charge in [-0.3, -0.25) is 0 Å². The Hall–Kier alpha value is -0.540. The zero-order valence-corrected chi connectivity index (χ0v) is 14.9. The van der Waals surface area contributed by atoms with Crippen LogP contribution < -0.4 is 0 Å². The van der Waals surface area contributed by atoms with Gasteiger partial charge in [0.15, 0.2) is 0 Å². The van der Waals surface area contributed by atoms with Gasteiger partial charge in [-0.25, -0.2) is 4.79 Å². The summed E-state index contributed by atoms with van der Waals surface area (Å²) in [6.45, 7) is 6.90. The van der Waals surface area contributed by atoms with Gasteiger partial charge in [-0.05, 0) is 48.8 Å². The number of esters is 1. The van der Waals surface area contributed by atoms with E-state index in [-0.39, 0.29) is 22.9 Å². The number of fused-ring (bicyclic) bond motifs is 2. The number of hydrogen-bond acceptors (Lipinski definition) is 2. The van der Waals surface area contributed by atoms with Crippen molar-refractivity contribution in [1.82, 2.24) is 0 Å². The van der Waals surface area contributed by atoms with E-state index in [1.54, 1.807) is 18.2 Å². The second kappa shape index (κ2) is 4.99. The summed E-state index contributed by atoms with van der Waals surface area (Å²) in [7, 11) is 0. The lowest BCUT2D eigenvalue weighted by atomic mass is 9.70. The third-order valence-corrected chi connectivity index (χ3v) is 6.74. The molecule has 0 N–H and O–H groups in total. The molecule has 1 aromatic carbocycles. The van der Waals surface area contributed by atoms with Crippen LogP contribution in [0.1, 0.15) is 50.4 Å². The van der Waals surface area contributed by atoms with Gasteiger partial charge in [-0.15, -0.1) is 0 Å². The van der Waals surface area contributed by atoms with Crippen molar-refractivity contribution in [3.8, 4) is 0 Å². The Balaban J connectivity index is 1.80. The number of ether oxygens (including phenoxy) is 1. The summed E-state index contributed by atoms with van der Waals surface area (Å²) in [6, 6.07) is 5.19.